The van der Waals surface area contributed by atoms with E-state index in [-0.39, 0.29) is 24.3 Å². The molecule has 0 aromatic carbocycles. The van der Waals surface area contributed by atoms with Gasteiger partial charge in [0, 0.05) is 6.04 Å². The van der Waals surface area contributed by atoms with E-state index in [1.54, 1.807) is 10.9 Å². The van der Waals surface area contributed by atoms with Crippen molar-refractivity contribution in [1.29, 1.82) is 0 Å². The first-order valence-electron chi connectivity index (χ1n) is 12.2. The van der Waals surface area contributed by atoms with Crippen molar-refractivity contribution in [1.82, 2.24) is 40.4 Å². The second kappa shape index (κ2) is 11.4. The predicted molar refractivity (Wildman–Crippen MR) is 131 cm³/mol. The SMILES string of the molecule is O=P(O)(O)[C@@](CO)(COCc1nn[nH]n1)OC[C@@H]1CC[C@H](n2ncc3c(NC4CCCC4)nc(Cl)nc32)O1. The molecular formula is C20H29ClN9O7P. The minimum Gasteiger partial charge on any atom is -0.393 e. The first-order chi connectivity index (χ1) is 18.3. The molecule has 3 atom stereocenters. The molecule has 0 unspecified atom stereocenters. The van der Waals surface area contributed by atoms with Crippen LogP contribution in [0, 0.1) is 0 Å². The average molecular weight is 574 g/mol. The lowest BCUT2D eigenvalue weighted by atomic mass is 10.2. The molecule has 2 fully saturated rings. The molecule has 5 N–H and O–H groups in total. The van der Waals surface area contributed by atoms with Gasteiger partial charge in [-0.2, -0.15) is 20.3 Å². The van der Waals surface area contributed by atoms with Gasteiger partial charge in [0.15, 0.2) is 17.7 Å². The van der Waals surface area contributed by atoms with Gasteiger partial charge in [-0.05, 0) is 37.3 Å². The number of aromatic amines is 1. The van der Waals surface area contributed by atoms with Crippen LogP contribution in [0.5, 0.6) is 0 Å². The summed E-state index contributed by atoms with van der Waals surface area (Å²) >= 11 is 6.22. The zero-order chi connectivity index (χ0) is 26.8. The predicted octanol–water partition coefficient (Wildman–Crippen LogP) is 1.12. The van der Waals surface area contributed by atoms with E-state index in [0.29, 0.717) is 30.3 Å². The Hall–Kier alpha value is -2.30. The van der Waals surface area contributed by atoms with Crippen molar-refractivity contribution in [3.8, 4) is 0 Å². The Labute approximate surface area is 221 Å². The molecule has 0 bridgehead atoms. The van der Waals surface area contributed by atoms with Crippen molar-refractivity contribution < 1.29 is 33.7 Å². The van der Waals surface area contributed by atoms with E-state index in [9.17, 15) is 19.5 Å². The smallest absolute Gasteiger partial charge is 0.361 e. The van der Waals surface area contributed by atoms with E-state index in [2.05, 4.69) is 41.0 Å². The van der Waals surface area contributed by atoms with Crippen LogP contribution < -0.4 is 5.32 Å². The molecule has 208 valence electrons. The lowest BCUT2D eigenvalue weighted by Gasteiger charge is -2.32. The van der Waals surface area contributed by atoms with E-state index in [0.717, 1.165) is 18.2 Å². The summed E-state index contributed by atoms with van der Waals surface area (Å²) < 4.78 is 30.9. The molecule has 3 aromatic heterocycles. The van der Waals surface area contributed by atoms with Crippen LogP contribution in [-0.2, 0) is 25.4 Å². The molecular weight excluding hydrogens is 545 g/mol. The second-order valence-corrected chi connectivity index (χ2v) is 11.6. The monoisotopic (exact) mass is 573 g/mol. The third-order valence-electron chi connectivity index (χ3n) is 6.74. The molecule has 4 heterocycles. The highest BCUT2D eigenvalue weighted by Gasteiger charge is 2.49. The number of aromatic nitrogens is 8. The molecule has 1 saturated heterocycles. The van der Waals surface area contributed by atoms with Gasteiger partial charge in [-0.3, -0.25) is 4.57 Å². The minimum atomic E-state index is -4.96. The van der Waals surface area contributed by atoms with Crippen molar-refractivity contribution in [2.45, 2.75) is 68.8 Å². The maximum Gasteiger partial charge on any atom is 0.361 e. The van der Waals surface area contributed by atoms with E-state index < -0.39 is 38.5 Å². The summed E-state index contributed by atoms with van der Waals surface area (Å²) in [5, 5.41) is 29.4. The van der Waals surface area contributed by atoms with Gasteiger partial charge in [0.1, 0.15) is 12.4 Å². The van der Waals surface area contributed by atoms with E-state index in [4.69, 9.17) is 25.8 Å². The summed E-state index contributed by atoms with van der Waals surface area (Å²) in [7, 11) is -4.96. The van der Waals surface area contributed by atoms with E-state index in [1.165, 1.54) is 12.8 Å². The van der Waals surface area contributed by atoms with Crippen molar-refractivity contribution >= 4 is 36.0 Å². The Bertz CT molecular complexity index is 1270. The van der Waals surface area contributed by atoms with Gasteiger partial charge in [-0.1, -0.05) is 18.1 Å². The summed E-state index contributed by atoms with van der Waals surface area (Å²) in [5.41, 5.74) is 0.520. The number of aliphatic hydroxyl groups excluding tert-OH is 1. The lowest BCUT2D eigenvalue weighted by Crippen LogP contribution is -2.43. The zero-order valence-electron chi connectivity index (χ0n) is 20.3. The molecule has 0 radical (unpaired) electrons. The first-order valence-corrected chi connectivity index (χ1v) is 14.2. The quantitative estimate of drug-likeness (QED) is 0.152. The summed E-state index contributed by atoms with van der Waals surface area (Å²) in [6.07, 6.45) is 6.18. The first kappa shape index (κ1) is 27.3. The van der Waals surface area contributed by atoms with Crippen LogP contribution in [0.1, 0.15) is 50.6 Å². The molecule has 0 amide bonds. The van der Waals surface area contributed by atoms with Crippen LogP contribution in [0.15, 0.2) is 6.20 Å². The van der Waals surface area contributed by atoms with Crippen LogP contribution in [0.2, 0.25) is 5.28 Å². The number of hydrogen-bond donors (Lipinski definition) is 5. The molecule has 3 aromatic rings. The van der Waals surface area contributed by atoms with Crippen LogP contribution in [-0.4, -0.2) is 92.6 Å². The highest BCUT2D eigenvalue weighted by atomic mass is 35.5. The number of rotatable bonds is 12. The zero-order valence-corrected chi connectivity index (χ0v) is 22.0. The topological polar surface area (TPSA) is 216 Å². The normalized spacial score (nSPS) is 22.3. The Morgan fingerprint density at radius 2 is 2.08 bits per heavy atom. The number of nitrogens with one attached hydrogen (secondary N) is 2. The Morgan fingerprint density at radius 1 is 1.26 bits per heavy atom. The highest BCUT2D eigenvalue weighted by molar-refractivity contribution is 7.53. The highest BCUT2D eigenvalue weighted by Crippen LogP contribution is 2.51. The minimum absolute atomic E-state index is 0.0906. The molecule has 2 aliphatic rings. The van der Waals surface area contributed by atoms with Crippen molar-refractivity contribution in [3.05, 3.63) is 17.3 Å². The number of fused-ring (bicyclic) bond motifs is 1. The number of H-pyrrole nitrogens is 1. The summed E-state index contributed by atoms with van der Waals surface area (Å²) in [6.45, 7) is -1.96. The van der Waals surface area contributed by atoms with Gasteiger partial charge in [0.2, 0.25) is 10.6 Å². The van der Waals surface area contributed by atoms with Gasteiger partial charge in [-0.25, -0.2) is 4.68 Å². The number of halogens is 1. The largest absolute Gasteiger partial charge is 0.393 e. The molecule has 1 aliphatic heterocycles. The average Bonchev–Trinajstić information content (AvgIpc) is 3.68. The fraction of sp³-hybridized carbons (Fsp3) is 0.700. The number of nitrogens with zero attached hydrogens (tertiary/aromatic N) is 7. The summed E-state index contributed by atoms with van der Waals surface area (Å²) in [4.78, 5) is 28.6. The Balaban J connectivity index is 1.24. The maximum atomic E-state index is 12.3. The number of tetrazole rings is 1. The summed E-state index contributed by atoms with van der Waals surface area (Å²) in [6, 6.07) is 0.328. The van der Waals surface area contributed by atoms with Crippen LogP contribution >= 0.6 is 19.2 Å². The standard InChI is InChI=1S/C20H29ClN9O7P/c21-19-24-17(23-12-3-1-2-4-12)14-7-22-30(18(14)25-19)16-6-5-13(37-16)8-36-20(10-31,38(32,33)34)11-35-9-15-26-28-29-27-15/h7,12-13,16,31H,1-6,8-11H2,(H,23,24,25)(H2,32,33,34)(H,26,27,28,29)/t13-,16+,20-/m0/s1. The van der Waals surface area contributed by atoms with Crippen LogP contribution in [0.25, 0.3) is 11.0 Å². The molecule has 38 heavy (non-hydrogen) atoms. The number of aliphatic hydroxyl groups is 1. The van der Waals surface area contributed by atoms with E-state index in [1.807, 2.05) is 0 Å². The maximum absolute atomic E-state index is 12.3. The van der Waals surface area contributed by atoms with Gasteiger partial charge >= 0.3 is 7.60 Å². The van der Waals surface area contributed by atoms with Crippen LogP contribution in [0.3, 0.4) is 0 Å². The van der Waals surface area contributed by atoms with Gasteiger partial charge in [-0.15, -0.1) is 10.2 Å². The molecule has 18 heteroatoms. The van der Waals surface area contributed by atoms with Gasteiger partial charge in [0.25, 0.3) is 0 Å². The molecule has 1 saturated carbocycles. The van der Waals surface area contributed by atoms with Gasteiger partial charge in [0.05, 0.1) is 37.5 Å². The van der Waals surface area contributed by atoms with Crippen molar-refractivity contribution in [3.63, 3.8) is 0 Å². The summed E-state index contributed by atoms with van der Waals surface area (Å²) in [5.74, 6) is 0.813. The third kappa shape index (κ3) is 5.82. The van der Waals surface area contributed by atoms with E-state index >= 15 is 0 Å². The Morgan fingerprint density at radius 3 is 2.79 bits per heavy atom. The van der Waals surface area contributed by atoms with Crippen molar-refractivity contribution in [2.75, 3.05) is 25.1 Å². The fourth-order valence-electron chi connectivity index (χ4n) is 4.66. The molecule has 16 nitrogen and oxygen atoms in total. The third-order valence-corrected chi connectivity index (χ3v) is 8.37. The molecule has 1 aliphatic carbocycles. The number of hydrogen-bond acceptors (Lipinski definition) is 12. The lowest BCUT2D eigenvalue weighted by molar-refractivity contribution is -0.121. The van der Waals surface area contributed by atoms with Crippen molar-refractivity contribution in [2.24, 2.45) is 0 Å². The Kier molecular flexibility index (Phi) is 8.21. The molecule has 5 rings (SSSR count). The molecule has 0 spiro atoms. The van der Waals surface area contributed by atoms with Crippen LogP contribution in [0.4, 0.5) is 5.82 Å². The number of ether oxygens (including phenoxy) is 3. The number of anilines is 1. The fourth-order valence-corrected chi connectivity index (χ4v) is 5.51. The van der Waals surface area contributed by atoms with Gasteiger partial charge < -0.3 is 34.4 Å². The second-order valence-electron chi connectivity index (χ2n) is 9.36.